The van der Waals surface area contributed by atoms with Crippen molar-refractivity contribution in [3.8, 4) is 11.1 Å². The molecular formula is C15H15N3O4. The van der Waals surface area contributed by atoms with E-state index in [1.807, 2.05) is 0 Å². The van der Waals surface area contributed by atoms with E-state index in [-0.39, 0.29) is 11.7 Å². The van der Waals surface area contributed by atoms with Gasteiger partial charge in [0.25, 0.3) is 5.69 Å². The molecule has 2 aromatic rings. The van der Waals surface area contributed by atoms with Crippen LogP contribution in [0.15, 0.2) is 34.6 Å². The molecule has 0 radical (unpaired) electrons. The molecule has 7 heteroatoms. The lowest BCUT2D eigenvalue weighted by Crippen LogP contribution is -2.25. The summed E-state index contributed by atoms with van der Waals surface area (Å²) in [5.41, 5.74) is 2.57. The second kappa shape index (κ2) is 5.18. The van der Waals surface area contributed by atoms with Gasteiger partial charge in [-0.1, -0.05) is 11.2 Å². The predicted octanol–water partition coefficient (Wildman–Crippen LogP) is 3.49. The molecule has 2 N–H and O–H groups in total. The number of nitro benzene ring substituents is 1. The van der Waals surface area contributed by atoms with Gasteiger partial charge in [-0.05, 0) is 31.6 Å². The molecule has 0 fully saturated rings. The molecule has 1 unspecified atom stereocenters. The molecule has 0 saturated carbocycles. The number of benzene rings is 1. The van der Waals surface area contributed by atoms with Crippen molar-refractivity contribution in [1.82, 2.24) is 5.16 Å². The van der Waals surface area contributed by atoms with Gasteiger partial charge in [0.2, 0.25) is 0 Å². The summed E-state index contributed by atoms with van der Waals surface area (Å²) in [5.74, 6) is 0.923. The third kappa shape index (κ3) is 2.41. The van der Waals surface area contributed by atoms with Crippen LogP contribution in [-0.4, -0.2) is 21.2 Å². The van der Waals surface area contributed by atoms with Crippen LogP contribution in [0.5, 0.6) is 0 Å². The Hall–Kier alpha value is -2.83. The molecule has 1 aromatic carbocycles. The van der Waals surface area contributed by atoms with Gasteiger partial charge >= 0.3 is 0 Å². The van der Waals surface area contributed by atoms with Gasteiger partial charge in [-0.15, -0.1) is 0 Å². The lowest BCUT2D eigenvalue weighted by Gasteiger charge is -2.23. The van der Waals surface area contributed by atoms with Crippen molar-refractivity contribution in [3.63, 3.8) is 0 Å². The predicted molar refractivity (Wildman–Crippen MR) is 80.8 cm³/mol. The first-order valence-corrected chi connectivity index (χ1v) is 6.83. The molecule has 0 aliphatic heterocycles. The fourth-order valence-electron chi connectivity index (χ4n) is 2.57. The monoisotopic (exact) mass is 301 g/mol. The van der Waals surface area contributed by atoms with Crippen LogP contribution in [0.25, 0.3) is 11.1 Å². The molecular weight excluding hydrogens is 286 g/mol. The number of nitrogens with one attached hydrogen (secondary N) is 1. The molecule has 0 amide bonds. The highest BCUT2D eigenvalue weighted by atomic mass is 16.6. The molecule has 1 heterocycles. The van der Waals surface area contributed by atoms with E-state index in [9.17, 15) is 15.2 Å². The van der Waals surface area contributed by atoms with Gasteiger partial charge in [-0.25, -0.2) is 0 Å². The van der Waals surface area contributed by atoms with Gasteiger partial charge in [0.15, 0.2) is 0 Å². The molecule has 7 nitrogen and oxygen atoms in total. The summed E-state index contributed by atoms with van der Waals surface area (Å²) in [5, 5.41) is 27.4. The van der Waals surface area contributed by atoms with Crippen LogP contribution in [0.2, 0.25) is 0 Å². The fraction of sp³-hybridized carbons (Fsp3) is 0.267. The smallest absolute Gasteiger partial charge is 0.292 e. The Bertz CT molecular complexity index is 760. The largest absolute Gasteiger partial charge is 0.512 e. The van der Waals surface area contributed by atoms with Gasteiger partial charge in [0, 0.05) is 18.1 Å². The maximum Gasteiger partial charge on any atom is 0.292 e. The fourth-order valence-corrected chi connectivity index (χ4v) is 2.57. The number of aliphatic hydroxyl groups excluding tert-OH is 1. The van der Waals surface area contributed by atoms with Crippen molar-refractivity contribution in [2.24, 2.45) is 0 Å². The van der Waals surface area contributed by atoms with Crippen molar-refractivity contribution < 1.29 is 14.6 Å². The first-order chi connectivity index (χ1) is 10.5. The Morgan fingerprint density at radius 2 is 2.18 bits per heavy atom. The van der Waals surface area contributed by atoms with E-state index >= 15 is 0 Å². The highest BCUT2D eigenvalue weighted by Crippen LogP contribution is 2.35. The second-order valence-electron chi connectivity index (χ2n) is 5.30. The Morgan fingerprint density at radius 3 is 2.73 bits per heavy atom. The Kier molecular flexibility index (Phi) is 3.32. The van der Waals surface area contributed by atoms with Crippen LogP contribution < -0.4 is 5.32 Å². The van der Waals surface area contributed by atoms with Gasteiger partial charge in [0.05, 0.1) is 22.4 Å². The molecule has 1 aliphatic rings. The van der Waals surface area contributed by atoms with Crippen LogP contribution in [0, 0.1) is 24.0 Å². The highest BCUT2D eigenvalue weighted by molar-refractivity contribution is 5.75. The summed E-state index contributed by atoms with van der Waals surface area (Å²) >= 11 is 0. The van der Waals surface area contributed by atoms with E-state index in [0.717, 1.165) is 5.56 Å². The van der Waals surface area contributed by atoms with Crippen LogP contribution >= 0.6 is 0 Å². The summed E-state index contributed by atoms with van der Waals surface area (Å²) in [4.78, 5) is 10.9. The molecule has 0 saturated heterocycles. The maximum absolute atomic E-state index is 11.3. The summed E-state index contributed by atoms with van der Waals surface area (Å²) in [6, 6.07) is 4.90. The molecule has 0 bridgehead atoms. The molecule has 1 aromatic heterocycles. The first kappa shape index (κ1) is 14.1. The number of nitrogens with zero attached hydrogens (tertiary/aromatic N) is 2. The van der Waals surface area contributed by atoms with Crippen molar-refractivity contribution in [1.29, 1.82) is 0 Å². The zero-order chi connectivity index (χ0) is 15.9. The number of rotatable bonds is 4. The number of hydrogen-bond acceptors (Lipinski definition) is 6. The number of aromatic nitrogens is 1. The van der Waals surface area contributed by atoms with E-state index < -0.39 is 4.92 Å². The Balaban J connectivity index is 1.99. The van der Waals surface area contributed by atoms with Crippen LogP contribution in [0.4, 0.5) is 11.4 Å². The molecule has 114 valence electrons. The topological polar surface area (TPSA) is 101 Å². The number of nitro groups is 1. The van der Waals surface area contributed by atoms with Gasteiger partial charge in [-0.2, -0.15) is 0 Å². The average molecular weight is 301 g/mol. The molecule has 1 aliphatic carbocycles. The lowest BCUT2D eigenvalue weighted by atomic mass is 9.99. The van der Waals surface area contributed by atoms with E-state index in [1.54, 1.807) is 32.1 Å². The highest BCUT2D eigenvalue weighted by Gasteiger charge is 2.23. The van der Waals surface area contributed by atoms with Gasteiger partial charge in [0.1, 0.15) is 11.4 Å². The summed E-state index contributed by atoms with van der Waals surface area (Å²) < 4.78 is 5.11. The van der Waals surface area contributed by atoms with E-state index in [0.29, 0.717) is 34.9 Å². The zero-order valence-corrected chi connectivity index (χ0v) is 12.2. The van der Waals surface area contributed by atoms with Crippen molar-refractivity contribution >= 4 is 11.4 Å². The summed E-state index contributed by atoms with van der Waals surface area (Å²) in [6.07, 6.45) is 2.11. The van der Waals surface area contributed by atoms with Crippen molar-refractivity contribution in [2.45, 2.75) is 26.3 Å². The summed E-state index contributed by atoms with van der Waals surface area (Å²) in [6.45, 7) is 3.57. The third-order valence-corrected chi connectivity index (χ3v) is 3.68. The third-order valence-electron chi connectivity index (χ3n) is 3.68. The number of aliphatic hydroxyl groups is 1. The van der Waals surface area contributed by atoms with Crippen LogP contribution in [-0.2, 0) is 0 Å². The number of aryl methyl sites for hydroxylation is 2. The molecule has 22 heavy (non-hydrogen) atoms. The average Bonchev–Trinajstić information content (AvgIpc) is 2.77. The van der Waals surface area contributed by atoms with E-state index in [1.165, 1.54) is 6.07 Å². The van der Waals surface area contributed by atoms with Gasteiger partial charge < -0.3 is 14.9 Å². The quantitative estimate of drug-likeness (QED) is 0.662. The van der Waals surface area contributed by atoms with Crippen LogP contribution in [0.1, 0.15) is 17.9 Å². The second-order valence-corrected chi connectivity index (χ2v) is 5.30. The molecule has 0 spiro atoms. The summed E-state index contributed by atoms with van der Waals surface area (Å²) in [7, 11) is 0. The van der Waals surface area contributed by atoms with Crippen molar-refractivity contribution in [2.75, 3.05) is 5.32 Å². The minimum atomic E-state index is -0.424. The Morgan fingerprint density at radius 1 is 1.45 bits per heavy atom. The van der Waals surface area contributed by atoms with Crippen LogP contribution in [0.3, 0.4) is 0 Å². The van der Waals surface area contributed by atoms with Crippen molar-refractivity contribution in [3.05, 3.63) is 51.6 Å². The van der Waals surface area contributed by atoms with E-state index in [2.05, 4.69) is 10.5 Å². The zero-order valence-electron chi connectivity index (χ0n) is 12.2. The number of hydrogen-bond donors (Lipinski definition) is 2. The normalized spacial score (nSPS) is 16.8. The van der Waals surface area contributed by atoms with Gasteiger partial charge in [-0.3, -0.25) is 10.1 Å². The van der Waals surface area contributed by atoms with E-state index in [4.69, 9.17) is 4.52 Å². The molecule has 3 rings (SSSR count). The SMILES string of the molecule is Cc1noc(C)c1-c1ccc(NC2C=C(O)C2)c([N+](=O)[O-])c1. The maximum atomic E-state index is 11.3. The number of anilines is 1. The lowest BCUT2D eigenvalue weighted by molar-refractivity contribution is -0.383. The minimum Gasteiger partial charge on any atom is -0.512 e. The minimum absolute atomic E-state index is 0.0164. The first-order valence-electron chi connectivity index (χ1n) is 6.83. The molecule has 1 atom stereocenters. The standard InChI is InChI=1S/C15H15N3O4/c1-8-15(9(2)22-17-8)10-3-4-13(14(5-10)18(20)21)16-11-6-12(19)7-11/h3-6,11,16,19H,7H2,1-2H3. The Labute approximate surface area is 126 Å².